The molecule has 1 saturated carbocycles. The fraction of sp³-hybridized carbons (Fsp3) is 0.700. The van der Waals surface area contributed by atoms with E-state index in [9.17, 15) is 0 Å². The molecule has 0 saturated heterocycles. The Morgan fingerprint density at radius 1 is 1.50 bits per heavy atom. The Labute approximate surface area is 98.2 Å². The lowest BCUT2D eigenvalue weighted by atomic mass is 10.1. The van der Waals surface area contributed by atoms with Crippen LogP contribution in [0.2, 0.25) is 0 Å². The molecule has 1 fully saturated rings. The number of aromatic nitrogens is 2. The summed E-state index contributed by atoms with van der Waals surface area (Å²) in [5, 5.41) is 4.51. The highest BCUT2D eigenvalue weighted by Gasteiger charge is 2.25. The van der Waals surface area contributed by atoms with Gasteiger partial charge >= 0.3 is 0 Å². The Balaban J connectivity index is 2.28. The highest BCUT2D eigenvalue weighted by molar-refractivity contribution is 14.1. The largest absolute Gasteiger partial charge is 0.383 e. The minimum atomic E-state index is 0.534. The molecule has 1 aromatic heterocycles. The van der Waals surface area contributed by atoms with Crippen LogP contribution in [-0.4, -0.2) is 9.78 Å². The van der Waals surface area contributed by atoms with E-state index in [0.717, 1.165) is 21.0 Å². The highest BCUT2D eigenvalue weighted by Crippen LogP contribution is 2.36. The number of anilines is 1. The van der Waals surface area contributed by atoms with Crippen LogP contribution in [0.4, 0.5) is 5.82 Å². The minimum Gasteiger partial charge on any atom is -0.383 e. The van der Waals surface area contributed by atoms with E-state index in [-0.39, 0.29) is 0 Å². The molecule has 0 bridgehead atoms. The van der Waals surface area contributed by atoms with Crippen LogP contribution >= 0.6 is 22.6 Å². The number of aryl methyl sites for hydroxylation is 1. The van der Waals surface area contributed by atoms with Crippen LogP contribution < -0.4 is 5.73 Å². The summed E-state index contributed by atoms with van der Waals surface area (Å²) in [6, 6.07) is 0.534. The fourth-order valence-electron chi connectivity index (χ4n) is 2.22. The Hall–Kier alpha value is -0.260. The summed E-state index contributed by atoms with van der Waals surface area (Å²) < 4.78 is 3.14. The van der Waals surface area contributed by atoms with Crippen LogP contribution in [0, 0.1) is 16.4 Å². The lowest BCUT2D eigenvalue weighted by Gasteiger charge is -2.12. The van der Waals surface area contributed by atoms with Crippen molar-refractivity contribution < 1.29 is 0 Å². The van der Waals surface area contributed by atoms with Crippen molar-refractivity contribution in [1.29, 1.82) is 0 Å². The van der Waals surface area contributed by atoms with Gasteiger partial charge in [-0.25, -0.2) is 4.68 Å². The number of halogens is 1. The van der Waals surface area contributed by atoms with Crippen LogP contribution in [0.25, 0.3) is 0 Å². The van der Waals surface area contributed by atoms with Gasteiger partial charge in [0.05, 0.1) is 15.3 Å². The zero-order valence-corrected chi connectivity index (χ0v) is 10.8. The smallest absolute Gasteiger partial charge is 0.135 e. The molecular weight excluding hydrogens is 289 g/mol. The summed E-state index contributed by atoms with van der Waals surface area (Å²) in [6.07, 6.45) is 3.75. The first-order valence-electron chi connectivity index (χ1n) is 5.09. The Kier molecular flexibility index (Phi) is 2.72. The number of nitrogen functional groups attached to an aromatic ring is 1. The van der Waals surface area contributed by atoms with Crippen molar-refractivity contribution in [3.8, 4) is 0 Å². The molecule has 1 heterocycles. The van der Waals surface area contributed by atoms with Crippen LogP contribution in [0.1, 0.15) is 37.9 Å². The average Bonchev–Trinajstić information content (AvgIpc) is 2.66. The predicted octanol–water partition coefficient (Wildman–Crippen LogP) is 2.74. The topological polar surface area (TPSA) is 43.8 Å². The summed E-state index contributed by atoms with van der Waals surface area (Å²) in [6.45, 7) is 4.32. The van der Waals surface area contributed by atoms with Crippen LogP contribution in [0.3, 0.4) is 0 Å². The first-order chi connectivity index (χ1) is 6.59. The second-order valence-corrected chi connectivity index (χ2v) is 5.38. The van der Waals surface area contributed by atoms with Gasteiger partial charge in [0, 0.05) is 0 Å². The normalized spacial score (nSPS) is 27.1. The summed E-state index contributed by atoms with van der Waals surface area (Å²) in [7, 11) is 0. The summed E-state index contributed by atoms with van der Waals surface area (Å²) in [4.78, 5) is 0. The second kappa shape index (κ2) is 3.72. The van der Waals surface area contributed by atoms with Crippen molar-refractivity contribution in [2.45, 2.75) is 39.2 Å². The standard InChI is InChI=1S/C10H16IN3/c1-6-3-4-8(5-6)14-10(12)9(11)7(2)13-14/h6,8H,3-5,12H2,1-2H3. The molecule has 14 heavy (non-hydrogen) atoms. The number of hydrogen-bond acceptors (Lipinski definition) is 2. The quantitative estimate of drug-likeness (QED) is 0.811. The molecule has 1 aromatic rings. The van der Waals surface area contributed by atoms with Crippen LogP contribution in [0.15, 0.2) is 0 Å². The molecule has 4 heteroatoms. The van der Waals surface area contributed by atoms with Gasteiger partial charge in [0.15, 0.2) is 0 Å². The molecular formula is C10H16IN3. The first-order valence-corrected chi connectivity index (χ1v) is 6.17. The third-order valence-electron chi connectivity index (χ3n) is 3.06. The summed E-state index contributed by atoms with van der Waals surface area (Å²) in [5.41, 5.74) is 7.08. The van der Waals surface area contributed by atoms with E-state index in [1.807, 2.05) is 11.6 Å². The molecule has 0 aromatic carbocycles. The average molecular weight is 305 g/mol. The van der Waals surface area contributed by atoms with E-state index in [1.54, 1.807) is 0 Å². The molecule has 2 N–H and O–H groups in total. The second-order valence-electron chi connectivity index (χ2n) is 4.30. The molecule has 2 unspecified atom stereocenters. The van der Waals surface area contributed by atoms with Gasteiger partial charge in [0.25, 0.3) is 0 Å². The Morgan fingerprint density at radius 3 is 2.64 bits per heavy atom. The third-order valence-corrected chi connectivity index (χ3v) is 4.39. The van der Waals surface area contributed by atoms with E-state index in [2.05, 4.69) is 34.6 Å². The number of hydrogen-bond donors (Lipinski definition) is 1. The lowest BCUT2D eigenvalue weighted by molar-refractivity contribution is 0.454. The zero-order valence-electron chi connectivity index (χ0n) is 8.63. The number of rotatable bonds is 1. The molecule has 78 valence electrons. The SMILES string of the molecule is Cc1nn(C2CCC(C)C2)c(N)c1I. The van der Waals surface area contributed by atoms with Gasteiger partial charge in [-0.1, -0.05) is 6.92 Å². The first kappa shape index (κ1) is 10.3. The molecule has 3 nitrogen and oxygen atoms in total. The molecule has 1 aliphatic rings. The molecule has 1 aliphatic carbocycles. The van der Waals surface area contributed by atoms with E-state index >= 15 is 0 Å². The summed E-state index contributed by atoms with van der Waals surface area (Å²) >= 11 is 2.27. The lowest BCUT2D eigenvalue weighted by Crippen LogP contribution is -2.10. The zero-order chi connectivity index (χ0) is 10.3. The van der Waals surface area contributed by atoms with Gasteiger partial charge in [0.1, 0.15) is 5.82 Å². The van der Waals surface area contributed by atoms with Crippen molar-refractivity contribution in [2.24, 2.45) is 5.92 Å². The maximum absolute atomic E-state index is 6.02. The van der Waals surface area contributed by atoms with Gasteiger partial charge in [-0.05, 0) is 54.7 Å². The Morgan fingerprint density at radius 2 is 2.21 bits per heavy atom. The highest BCUT2D eigenvalue weighted by atomic mass is 127. The van der Waals surface area contributed by atoms with Gasteiger partial charge in [-0.15, -0.1) is 0 Å². The maximum atomic E-state index is 6.02. The van der Waals surface area contributed by atoms with Gasteiger partial charge in [-0.3, -0.25) is 0 Å². The van der Waals surface area contributed by atoms with Crippen molar-refractivity contribution in [2.75, 3.05) is 5.73 Å². The third kappa shape index (κ3) is 1.64. The fourth-order valence-corrected chi connectivity index (χ4v) is 2.58. The predicted molar refractivity (Wildman–Crippen MR) is 66.1 cm³/mol. The van der Waals surface area contributed by atoms with E-state index in [1.165, 1.54) is 19.3 Å². The van der Waals surface area contributed by atoms with Gasteiger partial charge < -0.3 is 5.73 Å². The van der Waals surface area contributed by atoms with E-state index in [4.69, 9.17) is 5.73 Å². The van der Waals surface area contributed by atoms with Crippen molar-refractivity contribution in [3.05, 3.63) is 9.26 Å². The monoisotopic (exact) mass is 305 g/mol. The number of nitrogens with two attached hydrogens (primary N) is 1. The van der Waals surface area contributed by atoms with Gasteiger partial charge in [0.2, 0.25) is 0 Å². The van der Waals surface area contributed by atoms with Crippen molar-refractivity contribution in [3.63, 3.8) is 0 Å². The van der Waals surface area contributed by atoms with E-state index < -0.39 is 0 Å². The van der Waals surface area contributed by atoms with Crippen LogP contribution in [0.5, 0.6) is 0 Å². The van der Waals surface area contributed by atoms with E-state index in [0.29, 0.717) is 6.04 Å². The molecule has 0 amide bonds. The van der Waals surface area contributed by atoms with Crippen LogP contribution in [-0.2, 0) is 0 Å². The molecule has 2 rings (SSSR count). The van der Waals surface area contributed by atoms with Gasteiger partial charge in [-0.2, -0.15) is 5.10 Å². The molecule has 0 spiro atoms. The number of nitrogens with zero attached hydrogens (tertiary/aromatic N) is 2. The molecule has 2 atom stereocenters. The molecule has 0 radical (unpaired) electrons. The summed E-state index contributed by atoms with van der Waals surface area (Å²) in [5.74, 6) is 1.67. The maximum Gasteiger partial charge on any atom is 0.135 e. The van der Waals surface area contributed by atoms with Crippen molar-refractivity contribution >= 4 is 28.4 Å². The van der Waals surface area contributed by atoms with Crippen molar-refractivity contribution in [1.82, 2.24) is 9.78 Å². The molecule has 0 aliphatic heterocycles. The Bertz CT molecular complexity index is 345. The minimum absolute atomic E-state index is 0.534.